The van der Waals surface area contributed by atoms with E-state index in [1.54, 1.807) is 82.3 Å². The van der Waals surface area contributed by atoms with Crippen molar-refractivity contribution in [2.75, 3.05) is 11.9 Å². The first kappa shape index (κ1) is 39.3. The molecule has 0 fully saturated rings. The number of aliphatic hydroxyl groups is 1. The Balaban J connectivity index is 1.77. The van der Waals surface area contributed by atoms with Gasteiger partial charge in [-0.25, -0.2) is 4.79 Å². The number of hydrogen-bond donors (Lipinski definition) is 3. The molecule has 276 valence electrons. The molecule has 0 saturated carbocycles. The number of ether oxygens (including phenoxy) is 1. The molecule has 0 spiro atoms. The quantitative estimate of drug-likeness (QED) is 0.0368. The molecule has 2 amide bonds. The molecular weight excluding hydrogens is 682 g/mol. The number of amides is 2. The number of carbonyl (C=O) groups excluding carboxylic acids is 3. The van der Waals surface area contributed by atoms with Crippen LogP contribution in [0.15, 0.2) is 119 Å². The second kappa shape index (κ2) is 17.6. The number of carboxylic acids is 1. The van der Waals surface area contributed by atoms with Gasteiger partial charge in [0.05, 0.1) is 16.9 Å². The summed E-state index contributed by atoms with van der Waals surface area (Å²) in [7, 11) is 0. The Morgan fingerprint density at radius 2 is 1.55 bits per heavy atom. The van der Waals surface area contributed by atoms with Gasteiger partial charge < -0.3 is 29.6 Å². The van der Waals surface area contributed by atoms with Crippen molar-refractivity contribution in [2.24, 2.45) is 0 Å². The van der Waals surface area contributed by atoms with Crippen LogP contribution in [0.25, 0.3) is 6.08 Å². The summed E-state index contributed by atoms with van der Waals surface area (Å²) in [6.07, 6.45) is 2.53. The maximum absolute atomic E-state index is 14.2. The lowest BCUT2D eigenvalue weighted by Crippen LogP contribution is -2.44. The number of carboxylic acid groups (broad SMARTS) is 1. The zero-order chi connectivity index (χ0) is 38.7. The van der Waals surface area contributed by atoms with Crippen LogP contribution >= 0.6 is 0 Å². The molecule has 0 bridgehead atoms. The standard InChI is InChI=1S/C40H41N3O10/c1-26(42(23-11-14-27-12-7-5-8-13-27)38(48)36(46)33(25-35(44)45)39(49)53-40(2,3)4)32(28-17-19-30(20-18-28)43(50)51)24-31-21-22-34(52-31)37(47)41-29-15-9-6-10-16-29/h5-22,26,32,46H,23-25H2,1-4H3,(H,41,47)(H,44,45)/b14-11+,36-33+/t26-,32+/m1/s1. The third-order valence-corrected chi connectivity index (χ3v) is 8.08. The van der Waals surface area contributed by atoms with Crippen LogP contribution in [-0.2, 0) is 25.5 Å². The van der Waals surface area contributed by atoms with E-state index < -0.39 is 64.0 Å². The Morgan fingerprint density at radius 3 is 2.13 bits per heavy atom. The number of aliphatic hydroxyl groups excluding tert-OH is 1. The van der Waals surface area contributed by atoms with Gasteiger partial charge in [0, 0.05) is 42.7 Å². The number of nitro benzene ring substituents is 1. The van der Waals surface area contributed by atoms with Gasteiger partial charge in [-0.1, -0.05) is 72.8 Å². The Kier molecular flexibility index (Phi) is 13.1. The van der Waals surface area contributed by atoms with Gasteiger partial charge in [-0.3, -0.25) is 24.5 Å². The summed E-state index contributed by atoms with van der Waals surface area (Å²) in [4.78, 5) is 64.3. The lowest BCUT2D eigenvalue weighted by Gasteiger charge is -2.34. The molecule has 0 unspecified atom stereocenters. The van der Waals surface area contributed by atoms with Gasteiger partial charge in [0.1, 0.15) is 11.4 Å². The van der Waals surface area contributed by atoms with Crippen LogP contribution in [-0.4, -0.2) is 62.0 Å². The molecule has 0 aliphatic heterocycles. The van der Waals surface area contributed by atoms with E-state index in [1.165, 1.54) is 23.1 Å². The van der Waals surface area contributed by atoms with Gasteiger partial charge in [-0.05, 0) is 63.1 Å². The zero-order valence-corrected chi connectivity index (χ0v) is 29.7. The number of hydrogen-bond acceptors (Lipinski definition) is 9. The van der Waals surface area contributed by atoms with E-state index in [9.17, 15) is 39.5 Å². The number of aliphatic carboxylic acids is 1. The van der Waals surface area contributed by atoms with Gasteiger partial charge in [-0.15, -0.1) is 0 Å². The highest BCUT2D eigenvalue weighted by atomic mass is 16.6. The third kappa shape index (κ3) is 11.2. The summed E-state index contributed by atoms with van der Waals surface area (Å²) in [5.74, 6) is -5.57. The van der Waals surface area contributed by atoms with Crippen molar-refractivity contribution in [3.8, 4) is 0 Å². The Hall–Kier alpha value is -6.50. The fourth-order valence-corrected chi connectivity index (χ4v) is 5.48. The molecule has 1 heterocycles. The minimum atomic E-state index is -1.47. The molecule has 0 aliphatic carbocycles. The highest BCUT2D eigenvalue weighted by Crippen LogP contribution is 2.31. The fraction of sp³-hybridized carbons (Fsp3) is 0.250. The third-order valence-electron chi connectivity index (χ3n) is 8.08. The average molecular weight is 724 g/mol. The monoisotopic (exact) mass is 723 g/mol. The lowest BCUT2D eigenvalue weighted by molar-refractivity contribution is -0.384. The van der Waals surface area contributed by atoms with Crippen LogP contribution in [0.2, 0.25) is 0 Å². The van der Waals surface area contributed by atoms with Crippen LogP contribution in [0.4, 0.5) is 11.4 Å². The molecule has 13 nitrogen and oxygen atoms in total. The second-order valence-electron chi connectivity index (χ2n) is 13.2. The summed E-state index contributed by atoms with van der Waals surface area (Å²) in [5, 5.41) is 35.1. The molecule has 13 heteroatoms. The zero-order valence-electron chi connectivity index (χ0n) is 29.7. The van der Waals surface area contributed by atoms with E-state index in [2.05, 4.69) is 5.32 Å². The number of nitrogens with zero attached hydrogens (tertiary/aromatic N) is 2. The van der Waals surface area contributed by atoms with Crippen molar-refractivity contribution in [2.45, 2.75) is 58.1 Å². The van der Waals surface area contributed by atoms with Crippen LogP contribution in [0, 0.1) is 10.1 Å². The molecular formula is C40H41N3O10. The van der Waals surface area contributed by atoms with Crippen LogP contribution in [0.3, 0.4) is 0 Å². The minimum absolute atomic E-state index is 0.0222. The number of esters is 1. The number of non-ortho nitro benzene ring substituents is 1. The van der Waals surface area contributed by atoms with E-state index in [4.69, 9.17) is 9.15 Å². The summed E-state index contributed by atoms with van der Waals surface area (Å²) >= 11 is 0. The summed E-state index contributed by atoms with van der Waals surface area (Å²) in [6, 6.07) is 26.0. The van der Waals surface area contributed by atoms with E-state index in [0.717, 1.165) is 5.56 Å². The largest absolute Gasteiger partial charge is 0.503 e. The van der Waals surface area contributed by atoms with Crippen molar-refractivity contribution < 1.29 is 43.5 Å². The van der Waals surface area contributed by atoms with E-state index in [-0.39, 0.29) is 24.4 Å². The first-order chi connectivity index (χ1) is 25.1. The van der Waals surface area contributed by atoms with Gasteiger partial charge in [0.2, 0.25) is 0 Å². The highest BCUT2D eigenvalue weighted by molar-refractivity contribution is 6.04. The number of furan rings is 1. The van der Waals surface area contributed by atoms with Crippen molar-refractivity contribution in [3.63, 3.8) is 0 Å². The molecule has 1 aromatic heterocycles. The van der Waals surface area contributed by atoms with Gasteiger partial charge >= 0.3 is 11.9 Å². The smallest absolute Gasteiger partial charge is 0.339 e. The number of carbonyl (C=O) groups is 4. The number of nitrogens with one attached hydrogen (secondary N) is 1. The van der Waals surface area contributed by atoms with Crippen molar-refractivity contribution in [1.82, 2.24) is 4.90 Å². The van der Waals surface area contributed by atoms with Gasteiger partial charge in [0.15, 0.2) is 11.5 Å². The molecule has 0 radical (unpaired) electrons. The Bertz CT molecular complexity index is 1980. The lowest BCUT2D eigenvalue weighted by atomic mass is 9.87. The molecule has 2 atom stereocenters. The predicted octanol–water partition coefficient (Wildman–Crippen LogP) is 7.33. The van der Waals surface area contributed by atoms with Crippen molar-refractivity contribution in [3.05, 3.63) is 147 Å². The maximum Gasteiger partial charge on any atom is 0.339 e. The van der Waals surface area contributed by atoms with E-state index >= 15 is 0 Å². The van der Waals surface area contributed by atoms with E-state index in [0.29, 0.717) is 17.0 Å². The molecule has 3 N–H and O–H groups in total. The Morgan fingerprint density at radius 1 is 0.925 bits per heavy atom. The first-order valence-electron chi connectivity index (χ1n) is 16.7. The highest BCUT2D eigenvalue weighted by Gasteiger charge is 2.35. The molecule has 0 aliphatic rings. The first-order valence-corrected chi connectivity index (χ1v) is 16.7. The molecule has 53 heavy (non-hydrogen) atoms. The average Bonchev–Trinajstić information content (AvgIpc) is 3.60. The van der Waals surface area contributed by atoms with Gasteiger partial charge in [-0.2, -0.15) is 0 Å². The molecule has 4 rings (SSSR count). The normalized spacial score (nSPS) is 13.1. The summed E-state index contributed by atoms with van der Waals surface area (Å²) in [5.41, 5.74) is -0.0117. The topological polar surface area (TPSA) is 190 Å². The summed E-state index contributed by atoms with van der Waals surface area (Å²) < 4.78 is 11.3. The van der Waals surface area contributed by atoms with Crippen LogP contribution < -0.4 is 5.32 Å². The fourth-order valence-electron chi connectivity index (χ4n) is 5.48. The van der Waals surface area contributed by atoms with Crippen LogP contribution in [0.5, 0.6) is 0 Å². The number of para-hydroxylation sites is 1. The SMILES string of the molecule is C[C@H]([C@H](Cc1ccc(C(=O)Nc2ccccc2)o1)c1ccc([N+](=O)[O-])cc1)N(C/C=C/c1ccccc1)C(=O)/C(O)=C(/CC(=O)O)C(=O)OC(C)(C)C. The van der Waals surface area contributed by atoms with Crippen LogP contribution in [0.1, 0.15) is 67.5 Å². The van der Waals surface area contributed by atoms with Gasteiger partial charge in [0.25, 0.3) is 17.5 Å². The number of rotatable bonds is 15. The Labute approximate surface area is 306 Å². The number of benzene rings is 3. The van der Waals surface area contributed by atoms with E-state index in [1.807, 2.05) is 36.4 Å². The predicted molar refractivity (Wildman–Crippen MR) is 197 cm³/mol. The van der Waals surface area contributed by atoms with Crippen molar-refractivity contribution >= 4 is 41.2 Å². The molecule has 4 aromatic rings. The number of anilines is 1. The summed E-state index contributed by atoms with van der Waals surface area (Å²) in [6.45, 7) is 6.26. The second-order valence-corrected chi connectivity index (χ2v) is 13.2. The number of nitro groups is 1. The minimum Gasteiger partial charge on any atom is -0.503 e. The molecule has 0 saturated heterocycles. The maximum atomic E-state index is 14.2. The van der Waals surface area contributed by atoms with Crippen molar-refractivity contribution in [1.29, 1.82) is 0 Å². The molecule has 3 aromatic carbocycles.